The van der Waals surface area contributed by atoms with Crippen molar-refractivity contribution in [2.45, 2.75) is 6.92 Å². The van der Waals surface area contributed by atoms with Crippen LogP contribution in [0.1, 0.15) is 12.5 Å². The van der Waals surface area contributed by atoms with E-state index < -0.39 is 0 Å². The van der Waals surface area contributed by atoms with Gasteiger partial charge in [0.1, 0.15) is 0 Å². The zero-order valence-electron chi connectivity index (χ0n) is 31.2. The molecule has 7 heteroatoms. The van der Waals surface area contributed by atoms with Gasteiger partial charge in [-0.2, -0.15) is 0 Å². The summed E-state index contributed by atoms with van der Waals surface area (Å²) in [5.41, 5.74) is 12.1. The van der Waals surface area contributed by atoms with Gasteiger partial charge in [-0.25, -0.2) is 24.9 Å². The molecule has 0 amide bonds. The Bertz CT molecular complexity index is 3120. The number of para-hydroxylation sites is 1. The highest BCUT2D eigenvalue weighted by molar-refractivity contribution is 6.24. The number of nitrogens with zero attached hydrogens (tertiary/aromatic N) is 7. The fourth-order valence-corrected chi connectivity index (χ4v) is 7.95. The van der Waals surface area contributed by atoms with E-state index in [0.717, 1.165) is 88.6 Å². The largest absolute Gasteiger partial charge is 0.307 e. The Kier molecular flexibility index (Phi) is 8.38. The molecule has 57 heavy (non-hydrogen) atoms. The lowest BCUT2D eigenvalue weighted by atomic mass is 10.1. The quantitative estimate of drug-likeness (QED) is 0.121. The third-order valence-corrected chi connectivity index (χ3v) is 10.5. The maximum absolute atomic E-state index is 5.25. The summed E-state index contributed by atoms with van der Waals surface area (Å²) in [6.07, 6.45) is 7.22. The molecule has 270 valence electrons. The Hall–Kier alpha value is -7.77. The molecular weight excluding hydrogens is 699 g/mol. The third-order valence-electron chi connectivity index (χ3n) is 10.5. The first kappa shape index (κ1) is 33.8. The average molecular weight is 734 g/mol. The molecule has 0 saturated carbocycles. The smallest absolute Gasteiger partial charge is 0.159 e. The van der Waals surface area contributed by atoms with Crippen LogP contribution in [0.4, 0.5) is 0 Å². The van der Waals surface area contributed by atoms with Crippen LogP contribution in [0.3, 0.4) is 0 Å². The standard InChI is InChI=1S/C50H35N7/c1-3-26-52-49(51-2)35-20-24-45-41(29-35)39-22-23-40-42-30-36(50-53-27-13-28-54-50)21-25-46(42)57(48(40)47(39)56(45)37-18-11-6-12-19-37)38-31-43(33-14-7-4-8-15-33)55-44(32-38)34-16-9-5-10-17-34/h3-32H,2H2,1H3/b26-3-,52-49?. The van der Waals surface area contributed by atoms with E-state index in [1.165, 1.54) is 0 Å². The van der Waals surface area contributed by atoms with Crippen molar-refractivity contribution in [3.05, 3.63) is 188 Å². The maximum atomic E-state index is 5.25. The molecule has 0 fully saturated rings. The van der Waals surface area contributed by atoms with E-state index in [1.54, 1.807) is 18.6 Å². The molecule has 0 aliphatic carbocycles. The molecule has 0 saturated heterocycles. The van der Waals surface area contributed by atoms with Crippen LogP contribution in [0, 0.1) is 0 Å². The molecule has 0 aliphatic rings. The number of pyridine rings is 1. The average Bonchev–Trinajstić information content (AvgIpc) is 3.80. The molecule has 4 heterocycles. The summed E-state index contributed by atoms with van der Waals surface area (Å²) in [5, 5.41) is 4.40. The molecule has 0 aliphatic heterocycles. The lowest BCUT2D eigenvalue weighted by Crippen LogP contribution is -2.01. The summed E-state index contributed by atoms with van der Waals surface area (Å²) in [4.78, 5) is 23.4. The highest BCUT2D eigenvalue weighted by atomic mass is 15.0. The normalized spacial score (nSPS) is 12.1. The van der Waals surface area contributed by atoms with Gasteiger partial charge >= 0.3 is 0 Å². The summed E-state index contributed by atoms with van der Waals surface area (Å²) in [6, 6.07) is 55.1. The molecule has 10 rings (SSSR count). The first-order valence-electron chi connectivity index (χ1n) is 18.9. The summed E-state index contributed by atoms with van der Waals surface area (Å²) < 4.78 is 4.79. The highest BCUT2D eigenvalue weighted by Gasteiger charge is 2.23. The van der Waals surface area contributed by atoms with Crippen LogP contribution in [0.2, 0.25) is 0 Å². The van der Waals surface area contributed by atoms with Crippen LogP contribution in [0.25, 0.3) is 88.9 Å². The predicted octanol–water partition coefficient (Wildman–Crippen LogP) is 12.0. The van der Waals surface area contributed by atoms with E-state index in [0.29, 0.717) is 11.7 Å². The fourth-order valence-electron chi connectivity index (χ4n) is 7.95. The summed E-state index contributed by atoms with van der Waals surface area (Å²) in [7, 11) is 0. The minimum Gasteiger partial charge on any atom is -0.307 e. The first-order valence-corrected chi connectivity index (χ1v) is 18.9. The molecule has 0 spiro atoms. The second kappa shape index (κ2) is 14.1. The number of amidine groups is 1. The molecule has 10 aromatic rings. The second-order valence-corrected chi connectivity index (χ2v) is 13.8. The number of aliphatic imine (C=N–C) groups is 2. The van der Waals surface area contributed by atoms with Crippen molar-refractivity contribution >= 4 is 56.2 Å². The van der Waals surface area contributed by atoms with E-state index in [4.69, 9.17) is 4.98 Å². The van der Waals surface area contributed by atoms with Crippen molar-refractivity contribution in [3.63, 3.8) is 0 Å². The van der Waals surface area contributed by atoms with Gasteiger partial charge in [0.15, 0.2) is 11.7 Å². The number of allylic oxidation sites excluding steroid dienone is 1. The van der Waals surface area contributed by atoms with E-state index in [1.807, 2.05) is 31.2 Å². The number of hydrogen-bond acceptors (Lipinski definition) is 4. The van der Waals surface area contributed by atoms with E-state index in [2.05, 4.69) is 175 Å². The van der Waals surface area contributed by atoms with Gasteiger partial charge in [0.2, 0.25) is 0 Å². The maximum Gasteiger partial charge on any atom is 0.159 e. The highest BCUT2D eigenvalue weighted by Crippen LogP contribution is 2.43. The van der Waals surface area contributed by atoms with Gasteiger partial charge in [-0.1, -0.05) is 97.1 Å². The molecule has 0 bridgehead atoms. The summed E-state index contributed by atoms with van der Waals surface area (Å²) in [5.74, 6) is 1.25. The summed E-state index contributed by atoms with van der Waals surface area (Å²) >= 11 is 0. The van der Waals surface area contributed by atoms with Gasteiger partial charge in [-0.05, 0) is 80.4 Å². The number of benzene rings is 6. The van der Waals surface area contributed by atoms with Crippen LogP contribution in [0.5, 0.6) is 0 Å². The van der Waals surface area contributed by atoms with Gasteiger partial charge < -0.3 is 9.13 Å². The Balaban J connectivity index is 1.38. The van der Waals surface area contributed by atoms with E-state index in [9.17, 15) is 0 Å². The Labute approximate surface area is 329 Å². The number of hydrogen-bond donors (Lipinski definition) is 0. The van der Waals surface area contributed by atoms with Crippen molar-refractivity contribution in [1.29, 1.82) is 0 Å². The molecule has 6 aromatic carbocycles. The molecule has 7 nitrogen and oxygen atoms in total. The monoisotopic (exact) mass is 733 g/mol. The van der Waals surface area contributed by atoms with Crippen molar-refractivity contribution < 1.29 is 0 Å². The minimum atomic E-state index is 0.570. The lowest BCUT2D eigenvalue weighted by molar-refractivity contribution is 1.14. The van der Waals surface area contributed by atoms with Gasteiger partial charge in [0, 0.05) is 68.1 Å². The van der Waals surface area contributed by atoms with Crippen LogP contribution in [-0.2, 0) is 0 Å². The number of fused-ring (bicyclic) bond motifs is 7. The Morgan fingerprint density at radius 2 is 1.11 bits per heavy atom. The molecule has 0 N–H and O–H groups in total. The fraction of sp³-hybridized carbons (Fsp3) is 0.0200. The van der Waals surface area contributed by atoms with Gasteiger partial charge in [0.05, 0.1) is 39.1 Å². The number of aromatic nitrogens is 5. The van der Waals surface area contributed by atoms with Crippen LogP contribution in [-0.4, -0.2) is 36.6 Å². The van der Waals surface area contributed by atoms with Crippen molar-refractivity contribution in [3.8, 4) is 45.3 Å². The Morgan fingerprint density at radius 3 is 1.70 bits per heavy atom. The van der Waals surface area contributed by atoms with Gasteiger partial charge in [0.25, 0.3) is 0 Å². The van der Waals surface area contributed by atoms with Gasteiger partial charge in [-0.15, -0.1) is 0 Å². The van der Waals surface area contributed by atoms with E-state index in [-0.39, 0.29) is 0 Å². The van der Waals surface area contributed by atoms with Crippen molar-refractivity contribution in [2.75, 3.05) is 0 Å². The van der Waals surface area contributed by atoms with Crippen LogP contribution >= 0.6 is 0 Å². The zero-order valence-corrected chi connectivity index (χ0v) is 31.2. The van der Waals surface area contributed by atoms with Gasteiger partial charge in [-0.3, -0.25) is 0 Å². The molecule has 0 atom stereocenters. The molecule has 0 radical (unpaired) electrons. The minimum absolute atomic E-state index is 0.570. The summed E-state index contributed by atoms with van der Waals surface area (Å²) in [6.45, 7) is 5.79. The molecule has 4 aromatic heterocycles. The molecule has 0 unspecified atom stereocenters. The lowest BCUT2D eigenvalue weighted by Gasteiger charge is -2.15. The molecular formula is C50H35N7. The van der Waals surface area contributed by atoms with Crippen molar-refractivity contribution in [2.24, 2.45) is 9.98 Å². The zero-order chi connectivity index (χ0) is 38.3. The predicted molar refractivity (Wildman–Crippen MR) is 236 cm³/mol. The van der Waals surface area contributed by atoms with Crippen molar-refractivity contribution in [1.82, 2.24) is 24.1 Å². The SMILES string of the molecule is C=NC(=N/C=C\C)c1ccc2c(c1)c1ccc3c4cc(-c5ncccn5)ccc4n(-c4cc(-c5ccccc5)nc(-c5ccccc5)c4)c3c1n2-c1ccccc1. The topological polar surface area (TPSA) is 73.2 Å². The van der Waals surface area contributed by atoms with Crippen LogP contribution in [0.15, 0.2) is 192 Å². The first-order chi connectivity index (χ1) is 28.2. The Morgan fingerprint density at radius 1 is 0.544 bits per heavy atom. The van der Waals surface area contributed by atoms with E-state index >= 15 is 0 Å². The van der Waals surface area contributed by atoms with Crippen LogP contribution < -0.4 is 0 Å². The second-order valence-electron chi connectivity index (χ2n) is 13.8. The number of rotatable bonds is 7. The third kappa shape index (κ3) is 5.81.